The predicted octanol–water partition coefficient (Wildman–Crippen LogP) is 1.18. The van der Waals surface area contributed by atoms with Crippen LogP contribution in [0.25, 0.3) is 0 Å². The lowest BCUT2D eigenvalue weighted by atomic mass is 10.1. The van der Waals surface area contributed by atoms with Gasteiger partial charge in [0.1, 0.15) is 0 Å². The molecule has 0 aliphatic rings. The Morgan fingerprint density at radius 2 is 1.82 bits per heavy atom. The van der Waals surface area contributed by atoms with Crippen LogP contribution < -0.4 is 10.6 Å². The molecule has 2 N–H and O–H groups in total. The average molecular weight is 242 g/mol. The van der Waals surface area contributed by atoms with E-state index in [1.54, 1.807) is 12.1 Å². The number of nitrogens with one attached hydrogen (secondary N) is 2. The topological polar surface area (TPSA) is 58.2 Å². The van der Waals surface area contributed by atoms with Crippen LogP contribution >= 0.6 is 0 Å². The number of hydrogen-bond donors (Lipinski definition) is 2. The molecule has 0 heterocycles. The zero-order chi connectivity index (χ0) is 12.8. The summed E-state index contributed by atoms with van der Waals surface area (Å²) in [4.78, 5) is 21.7. The molecular weight excluding hydrogens is 230 g/mol. The molecule has 0 atom stereocenters. The highest BCUT2D eigenvalue weighted by molar-refractivity contribution is 5.93. The zero-order valence-corrected chi connectivity index (χ0v) is 9.17. The van der Waals surface area contributed by atoms with E-state index in [2.05, 4.69) is 5.32 Å². The van der Waals surface area contributed by atoms with Gasteiger partial charge >= 0.3 is 6.43 Å². The van der Waals surface area contributed by atoms with E-state index in [9.17, 15) is 18.4 Å². The van der Waals surface area contributed by atoms with Crippen LogP contribution in [-0.4, -0.2) is 25.3 Å². The maximum Gasteiger partial charge on any atom is 0.315 e. The number of anilines is 1. The first-order valence-electron chi connectivity index (χ1n) is 4.91. The fraction of sp³-hybridized carbons (Fsp3) is 0.273. The lowest BCUT2D eigenvalue weighted by Gasteiger charge is -2.05. The van der Waals surface area contributed by atoms with Gasteiger partial charge in [-0.15, -0.1) is 0 Å². The van der Waals surface area contributed by atoms with Gasteiger partial charge in [-0.2, -0.15) is 8.78 Å². The Hall–Kier alpha value is -1.98. The predicted molar refractivity (Wildman–Crippen MR) is 58.8 cm³/mol. The number of halogens is 2. The number of benzene rings is 1. The molecule has 0 saturated carbocycles. The lowest BCUT2D eigenvalue weighted by Crippen LogP contribution is -2.20. The number of rotatable bonds is 4. The van der Waals surface area contributed by atoms with Crippen molar-refractivity contribution in [1.82, 2.24) is 5.32 Å². The summed E-state index contributed by atoms with van der Waals surface area (Å²) in [5.74, 6) is -1.49. The second-order valence-corrected chi connectivity index (χ2v) is 3.34. The SMILES string of the molecule is CNC(=O)Cc1ccc(NC(=O)C(F)F)cc1. The first-order valence-corrected chi connectivity index (χ1v) is 4.91. The van der Waals surface area contributed by atoms with E-state index in [4.69, 9.17) is 0 Å². The molecule has 1 aromatic carbocycles. The molecule has 0 unspecified atom stereocenters. The molecule has 0 bridgehead atoms. The van der Waals surface area contributed by atoms with Crippen LogP contribution in [0.4, 0.5) is 14.5 Å². The molecule has 0 radical (unpaired) electrons. The molecule has 0 aromatic heterocycles. The Labute approximate surface area is 97.0 Å². The van der Waals surface area contributed by atoms with Crippen LogP contribution in [0.3, 0.4) is 0 Å². The van der Waals surface area contributed by atoms with Crippen LogP contribution in [0.15, 0.2) is 24.3 Å². The molecule has 6 heteroatoms. The number of alkyl halides is 2. The third kappa shape index (κ3) is 4.18. The maximum atomic E-state index is 11.9. The van der Waals surface area contributed by atoms with Crippen molar-refractivity contribution in [3.63, 3.8) is 0 Å². The summed E-state index contributed by atoms with van der Waals surface area (Å²) >= 11 is 0. The summed E-state index contributed by atoms with van der Waals surface area (Å²) in [6.45, 7) is 0. The van der Waals surface area contributed by atoms with Crippen molar-refractivity contribution in [3.8, 4) is 0 Å². The molecule has 92 valence electrons. The molecular formula is C11H12F2N2O2. The third-order valence-electron chi connectivity index (χ3n) is 2.06. The van der Waals surface area contributed by atoms with Crippen molar-refractivity contribution in [2.75, 3.05) is 12.4 Å². The second kappa shape index (κ2) is 5.93. The molecule has 2 amide bonds. The van der Waals surface area contributed by atoms with E-state index >= 15 is 0 Å². The fourth-order valence-electron chi connectivity index (χ4n) is 1.18. The summed E-state index contributed by atoms with van der Waals surface area (Å²) in [6.07, 6.45) is -2.83. The van der Waals surface area contributed by atoms with Gasteiger partial charge in [0.15, 0.2) is 0 Å². The summed E-state index contributed by atoms with van der Waals surface area (Å²) in [5, 5.41) is 4.51. The van der Waals surface area contributed by atoms with Crippen LogP contribution in [0.2, 0.25) is 0 Å². The number of carbonyl (C=O) groups excluding carboxylic acids is 2. The summed E-state index contributed by atoms with van der Waals surface area (Å²) in [7, 11) is 1.53. The van der Waals surface area contributed by atoms with Gasteiger partial charge in [0, 0.05) is 12.7 Å². The first kappa shape index (κ1) is 13.1. The Balaban J connectivity index is 2.62. The molecule has 1 aromatic rings. The van der Waals surface area contributed by atoms with Gasteiger partial charge in [0.2, 0.25) is 5.91 Å². The quantitative estimate of drug-likeness (QED) is 0.832. The van der Waals surface area contributed by atoms with E-state index in [1.807, 2.05) is 5.32 Å². The number of hydrogen-bond acceptors (Lipinski definition) is 2. The fourth-order valence-corrected chi connectivity index (χ4v) is 1.18. The third-order valence-corrected chi connectivity index (χ3v) is 2.06. The highest BCUT2D eigenvalue weighted by Crippen LogP contribution is 2.11. The molecule has 0 spiro atoms. The van der Waals surface area contributed by atoms with Crippen LogP contribution in [0.1, 0.15) is 5.56 Å². The number of likely N-dealkylation sites (N-methyl/N-ethyl adjacent to an activating group) is 1. The second-order valence-electron chi connectivity index (χ2n) is 3.34. The van der Waals surface area contributed by atoms with E-state index in [0.717, 1.165) is 5.56 Å². The molecule has 0 fully saturated rings. The highest BCUT2D eigenvalue weighted by atomic mass is 19.3. The minimum Gasteiger partial charge on any atom is -0.359 e. The van der Waals surface area contributed by atoms with Gasteiger partial charge in [0.25, 0.3) is 5.91 Å². The van der Waals surface area contributed by atoms with Gasteiger partial charge in [-0.25, -0.2) is 0 Å². The monoisotopic (exact) mass is 242 g/mol. The maximum absolute atomic E-state index is 11.9. The van der Waals surface area contributed by atoms with Gasteiger partial charge in [-0.05, 0) is 17.7 Å². The Morgan fingerprint density at radius 3 is 2.29 bits per heavy atom. The molecule has 0 aliphatic heterocycles. The van der Waals surface area contributed by atoms with Crippen LogP contribution in [0.5, 0.6) is 0 Å². The minimum atomic E-state index is -3.04. The Bertz CT molecular complexity index is 404. The molecule has 4 nitrogen and oxygen atoms in total. The Morgan fingerprint density at radius 1 is 1.24 bits per heavy atom. The summed E-state index contributed by atoms with van der Waals surface area (Å²) < 4.78 is 23.9. The molecule has 1 rings (SSSR count). The van der Waals surface area contributed by atoms with Crippen molar-refractivity contribution < 1.29 is 18.4 Å². The van der Waals surface area contributed by atoms with E-state index in [1.165, 1.54) is 19.2 Å². The van der Waals surface area contributed by atoms with Gasteiger partial charge < -0.3 is 10.6 Å². The van der Waals surface area contributed by atoms with Gasteiger partial charge in [-0.1, -0.05) is 12.1 Å². The first-order chi connectivity index (χ1) is 8.02. The van der Waals surface area contributed by atoms with Gasteiger partial charge in [-0.3, -0.25) is 9.59 Å². The summed E-state index contributed by atoms with van der Waals surface area (Å²) in [5.41, 5.74) is 1.01. The number of carbonyl (C=O) groups is 2. The molecule has 0 aliphatic carbocycles. The van der Waals surface area contributed by atoms with Crippen molar-refractivity contribution in [3.05, 3.63) is 29.8 Å². The van der Waals surface area contributed by atoms with Crippen molar-refractivity contribution in [1.29, 1.82) is 0 Å². The van der Waals surface area contributed by atoms with Crippen LogP contribution in [-0.2, 0) is 16.0 Å². The lowest BCUT2D eigenvalue weighted by molar-refractivity contribution is -0.126. The summed E-state index contributed by atoms with van der Waals surface area (Å²) in [6, 6.07) is 6.13. The largest absolute Gasteiger partial charge is 0.359 e. The highest BCUT2D eigenvalue weighted by Gasteiger charge is 2.14. The van der Waals surface area contributed by atoms with Crippen molar-refractivity contribution in [2.24, 2.45) is 0 Å². The number of amides is 2. The zero-order valence-electron chi connectivity index (χ0n) is 9.17. The van der Waals surface area contributed by atoms with Crippen molar-refractivity contribution >= 4 is 17.5 Å². The van der Waals surface area contributed by atoms with E-state index in [0.29, 0.717) is 0 Å². The van der Waals surface area contributed by atoms with Gasteiger partial charge in [0.05, 0.1) is 6.42 Å². The standard InChI is InChI=1S/C11H12F2N2O2/c1-14-9(16)6-7-2-4-8(5-3-7)15-11(17)10(12)13/h2-5,10H,6H2,1H3,(H,14,16)(H,15,17). The van der Waals surface area contributed by atoms with E-state index in [-0.39, 0.29) is 18.0 Å². The molecule has 17 heavy (non-hydrogen) atoms. The van der Waals surface area contributed by atoms with Crippen LogP contribution in [0, 0.1) is 0 Å². The van der Waals surface area contributed by atoms with Crippen molar-refractivity contribution in [2.45, 2.75) is 12.8 Å². The van der Waals surface area contributed by atoms with E-state index < -0.39 is 12.3 Å². The molecule has 0 saturated heterocycles. The Kier molecular flexibility index (Phi) is 4.56. The minimum absolute atomic E-state index is 0.144. The smallest absolute Gasteiger partial charge is 0.315 e. The average Bonchev–Trinajstić information content (AvgIpc) is 2.31. The normalized spacial score (nSPS) is 10.1.